The predicted molar refractivity (Wildman–Crippen MR) is 86.1 cm³/mol. The number of benzene rings is 1. The number of nitrogens with one attached hydrogen (secondary N) is 1. The zero-order valence-corrected chi connectivity index (χ0v) is 14.7. The van der Waals surface area contributed by atoms with Gasteiger partial charge in [-0.2, -0.15) is 36.5 Å². The van der Waals surface area contributed by atoms with Gasteiger partial charge in [0.2, 0.25) is 0 Å². The molecule has 0 amide bonds. The maximum absolute atomic E-state index is 13.5. The fourth-order valence-electron chi connectivity index (χ4n) is 2.63. The van der Waals surface area contributed by atoms with E-state index in [1.807, 2.05) is 0 Å². The summed E-state index contributed by atoms with van der Waals surface area (Å²) in [7, 11) is 0. The van der Waals surface area contributed by atoms with Crippen LogP contribution >= 0.6 is 0 Å². The molecule has 160 valence electrons. The third kappa shape index (κ3) is 4.44. The second-order valence-electron chi connectivity index (χ2n) is 5.95. The number of aromatic amines is 1. The number of ether oxygens (including phenoxy) is 1. The van der Waals surface area contributed by atoms with Gasteiger partial charge in [-0.1, -0.05) is 0 Å². The molecule has 0 radical (unpaired) electrons. The molecular formula is C17H11F7N4O2. The number of alkyl halides is 6. The van der Waals surface area contributed by atoms with E-state index in [9.17, 15) is 35.5 Å². The zero-order chi connectivity index (χ0) is 22.1. The Morgan fingerprint density at radius 3 is 2.30 bits per heavy atom. The highest BCUT2D eigenvalue weighted by atomic mass is 19.4. The largest absolute Gasteiger partial charge is 0.462 e. The van der Waals surface area contributed by atoms with Gasteiger partial charge in [-0.25, -0.2) is 13.9 Å². The molecule has 6 nitrogen and oxygen atoms in total. The first-order chi connectivity index (χ1) is 14.0. The van der Waals surface area contributed by atoms with Crippen molar-refractivity contribution in [3.05, 3.63) is 65.0 Å². The topological polar surface area (TPSA) is 72.8 Å². The zero-order valence-electron chi connectivity index (χ0n) is 14.7. The van der Waals surface area contributed by atoms with Gasteiger partial charge in [-0.3, -0.25) is 5.10 Å². The van der Waals surface area contributed by atoms with E-state index < -0.39 is 54.1 Å². The van der Waals surface area contributed by atoms with Crippen LogP contribution in [0.4, 0.5) is 30.7 Å². The SMILES string of the molecule is O=C(OCCc1cn[nH]c1C(F)(F)F)c1cnn(-c2ccc(F)cc2)c1C(F)(F)F. The summed E-state index contributed by atoms with van der Waals surface area (Å²) < 4.78 is 97.0. The van der Waals surface area contributed by atoms with Gasteiger partial charge in [-0.05, 0) is 24.3 Å². The molecule has 0 spiro atoms. The molecule has 3 rings (SSSR count). The molecule has 0 aliphatic heterocycles. The van der Waals surface area contributed by atoms with E-state index in [1.54, 1.807) is 5.10 Å². The molecule has 0 atom stereocenters. The molecule has 1 aromatic carbocycles. The van der Waals surface area contributed by atoms with Gasteiger partial charge in [0.1, 0.15) is 17.1 Å². The van der Waals surface area contributed by atoms with Gasteiger partial charge in [0, 0.05) is 12.0 Å². The molecule has 2 heterocycles. The summed E-state index contributed by atoms with van der Waals surface area (Å²) in [6, 6.07) is 3.89. The summed E-state index contributed by atoms with van der Waals surface area (Å²) in [4.78, 5) is 12.1. The van der Waals surface area contributed by atoms with Crippen LogP contribution in [0, 0.1) is 5.82 Å². The Labute approximate surface area is 163 Å². The molecule has 0 fully saturated rings. The van der Waals surface area contributed by atoms with E-state index in [0.29, 0.717) is 10.9 Å². The van der Waals surface area contributed by atoms with Gasteiger partial charge in [0.25, 0.3) is 0 Å². The van der Waals surface area contributed by atoms with Gasteiger partial charge in [0.15, 0.2) is 5.69 Å². The number of rotatable bonds is 5. The molecule has 1 N–H and O–H groups in total. The quantitative estimate of drug-likeness (QED) is 0.482. The van der Waals surface area contributed by atoms with Gasteiger partial charge in [0.05, 0.1) is 24.7 Å². The van der Waals surface area contributed by atoms with Gasteiger partial charge in [-0.15, -0.1) is 0 Å². The van der Waals surface area contributed by atoms with E-state index in [4.69, 9.17) is 4.74 Å². The number of H-pyrrole nitrogens is 1. The highest BCUT2D eigenvalue weighted by Crippen LogP contribution is 2.34. The van der Waals surface area contributed by atoms with Crippen molar-refractivity contribution in [2.24, 2.45) is 0 Å². The van der Waals surface area contributed by atoms with Crippen LogP contribution in [-0.4, -0.2) is 32.6 Å². The van der Waals surface area contributed by atoms with Crippen LogP contribution in [0.3, 0.4) is 0 Å². The maximum Gasteiger partial charge on any atom is 0.434 e. The minimum Gasteiger partial charge on any atom is -0.462 e. The van der Waals surface area contributed by atoms with Crippen LogP contribution in [0.15, 0.2) is 36.7 Å². The second kappa shape index (κ2) is 7.80. The number of nitrogens with zero attached hydrogens (tertiary/aromatic N) is 3. The standard InChI is InChI=1S/C17H11F7N4O2/c18-10-1-3-11(4-2-10)28-14(17(22,23)24)12(8-26-28)15(29)30-6-5-9-7-25-27-13(9)16(19,20)21/h1-4,7-8H,5-6H2,(H,25,27). The van der Waals surface area contributed by atoms with Crippen molar-refractivity contribution in [3.8, 4) is 5.69 Å². The highest BCUT2D eigenvalue weighted by molar-refractivity contribution is 5.90. The molecule has 13 heteroatoms. The number of carbonyl (C=O) groups excluding carboxylic acids is 1. The van der Waals surface area contributed by atoms with E-state index in [2.05, 4.69) is 10.2 Å². The Kier molecular flexibility index (Phi) is 5.55. The fourth-order valence-corrected chi connectivity index (χ4v) is 2.63. The van der Waals surface area contributed by atoms with Crippen molar-refractivity contribution >= 4 is 5.97 Å². The van der Waals surface area contributed by atoms with Crippen molar-refractivity contribution in [1.29, 1.82) is 0 Å². The van der Waals surface area contributed by atoms with Crippen molar-refractivity contribution in [3.63, 3.8) is 0 Å². The second-order valence-corrected chi connectivity index (χ2v) is 5.95. The Balaban J connectivity index is 1.80. The number of hydrogen-bond acceptors (Lipinski definition) is 4. The van der Waals surface area contributed by atoms with E-state index in [1.165, 1.54) is 0 Å². The van der Waals surface area contributed by atoms with Crippen molar-refractivity contribution in [1.82, 2.24) is 20.0 Å². The molecular weight excluding hydrogens is 425 g/mol. The summed E-state index contributed by atoms with van der Waals surface area (Å²) in [5, 5.41) is 8.54. The summed E-state index contributed by atoms with van der Waals surface area (Å²) >= 11 is 0. The van der Waals surface area contributed by atoms with Crippen LogP contribution in [0.25, 0.3) is 5.69 Å². The van der Waals surface area contributed by atoms with Crippen molar-refractivity contribution in [2.45, 2.75) is 18.8 Å². The van der Waals surface area contributed by atoms with E-state index in [0.717, 1.165) is 30.5 Å². The normalized spacial score (nSPS) is 12.2. The number of esters is 1. The lowest BCUT2D eigenvalue weighted by Crippen LogP contribution is -2.19. The highest BCUT2D eigenvalue weighted by Gasteiger charge is 2.41. The van der Waals surface area contributed by atoms with Crippen LogP contribution in [0.2, 0.25) is 0 Å². The van der Waals surface area contributed by atoms with Crippen molar-refractivity contribution in [2.75, 3.05) is 6.61 Å². The minimum atomic E-state index is -5.02. The number of carbonyl (C=O) groups is 1. The Bertz CT molecular complexity index is 1040. The molecule has 0 aliphatic rings. The first-order valence-corrected chi connectivity index (χ1v) is 8.16. The maximum atomic E-state index is 13.5. The average molecular weight is 436 g/mol. The lowest BCUT2D eigenvalue weighted by Gasteiger charge is -2.12. The Morgan fingerprint density at radius 2 is 1.70 bits per heavy atom. The molecule has 0 saturated heterocycles. The number of halogens is 7. The lowest BCUT2D eigenvalue weighted by molar-refractivity contribution is -0.143. The summed E-state index contributed by atoms with van der Waals surface area (Å²) in [6.07, 6.45) is -8.66. The van der Waals surface area contributed by atoms with Crippen LogP contribution in [0.1, 0.15) is 27.3 Å². The van der Waals surface area contributed by atoms with Gasteiger partial charge >= 0.3 is 18.3 Å². The Hall–Kier alpha value is -3.38. The molecule has 3 aromatic rings. The predicted octanol–water partition coefficient (Wildman–Crippen LogP) is 4.17. The minimum absolute atomic E-state index is 0.156. The average Bonchev–Trinajstić information content (AvgIpc) is 3.28. The first kappa shape index (κ1) is 21.3. The summed E-state index contributed by atoms with van der Waals surface area (Å²) in [5.41, 5.74) is -4.00. The number of hydrogen-bond donors (Lipinski definition) is 1. The third-order valence-electron chi connectivity index (χ3n) is 3.93. The van der Waals surface area contributed by atoms with Gasteiger partial charge < -0.3 is 4.74 Å². The smallest absolute Gasteiger partial charge is 0.434 e. The van der Waals surface area contributed by atoms with Crippen LogP contribution in [-0.2, 0) is 23.5 Å². The molecule has 0 bridgehead atoms. The summed E-state index contributed by atoms with van der Waals surface area (Å²) in [6.45, 7) is -0.625. The summed E-state index contributed by atoms with van der Waals surface area (Å²) in [5.74, 6) is -2.11. The molecule has 0 saturated carbocycles. The Morgan fingerprint density at radius 1 is 1.03 bits per heavy atom. The van der Waals surface area contributed by atoms with Crippen LogP contribution < -0.4 is 0 Å². The molecule has 0 unspecified atom stereocenters. The lowest BCUT2D eigenvalue weighted by atomic mass is 10.2. The molecule has 0 aliphatic carbocycles. The first-order valence-electron chi connectivity index (χ1n) is 8.16. The fraction of sp³-hybridized carbons (Fsp3) is 0.235. The monoisotopic (exact) mass is 436 g/mol. The van der Waals surface area contributed by atoms with Crippen LogP contribution in [0.5, 0.6) is 0 Å². The third-order valence-corrected chi connectivity index (χ3v) is 3.93. The van der Waals surface area contributed by atoms with Crippen molar-refractivity contribution < 1.29 is 40.3 Å². The molecule has 30 heavy (non-hydrogen) atoms. The van der Waals surface area contributed by atoms with E-state index >= 15 is 0 Å². The number of aromatic nitrogens is 4. The molecule has 2 aromatic heterocycles. The van der Waals surface area contributed by atoms with E-state index in [-0.39, 0.29) is 11.3 Å².